The number of carbonyl (C=O) groups excluding carboxylic acids is 1. The molecule has 1 amide bonds. The maximum Gasteiger partial charge on any atom is 0.409 e. The van der Waals surface area contributed by atoms with Gasteiger partial charge in [0.1, 0.15) is 0 Å². The van der Waals surface area contributed by atoms with Gasteiger partial charge in [-0.25, -0.2) is 4.79 Å². The summed E-state index contributed by atoms with van der Waals surface area (Å²) < 4.78 is 4.62. The van der Waals surface area contributed by atoms with Gasteiger partial charge < -0.3 is 15.0 Å². The number of amides is 1. The Morgan fingerprint density at radius 3 is 2.79 bits per heavy atom. The van der Waals surface area contributed by atoms with E-state index in [9.17, 15) is 4.79 Å². The molecular weight excluding hydrogens is 180 g/mol. The third kappa shape index (κ3) is 3.96. The number of likely N-dealkylation sites (N-methyl/N-ethyl adjacent to an activating group) is 1. The first-order valence-corrected chi connectivity index (χ1v) is 5.34. The number of methoxy groups -OCH3 is 1. The van der Waals surface area contributed by atoms with Crippen LogP contribution >= 0.6 is 0 Å². The van der Waals surface area contributed by atoms with E-state index in [1.54, 1.807) is 4.90 Å². The van der Waals surface area contributed by atoms with E-state index in [2.05, 4.69) is 17.0 Å². The molecule has 86 valence electrons. The standard InChI is InChI=1S/C8H16N2O2.C2H6.H2/c1-3-9-7-4-5-10(6-7)8(11)12-2;1-2;/h7,9H,3-6H2,1-2H3;1-2H3;1H/t7-;;/m0../s1. The van der Waals surface area contributed by atoms with Crippen molar-refractivity contribution in [3.63, 3.8) is 0 Å². The number of carbonyl (C=O) groups is 1. The highest BCUT2D eigenvalue weighted by atomic mass is 16.5. The van der Waals surface area contributed by atoms with E-state index in [1.807, 2.05) is 13.8 Å². The van der Waals surface area contributed by atoms with Crippen molar-refractivity contribution in [2.75, 3.05) is 26.7 Å². The molecule has 1 heterocycles. The van der Waals surface area contributed by atoms with Gasteiger partial charge in [-0.15, -0.1) is 0 Å². The Morgan fingerprint density at radius 1 is 1.64 bits per heavy atom. The summed E-state index contributed by atoms with van der Waals surface area (Å²) in [6.45, 7) is 8.62. The van der Waals surface area contributed by atoms with Gasteiger partial charge in [-0.05, 0) is 13.0 Å². The maximum atomic E-state index is 11.0. The number of nitrogens with one attached hydrogen (secondary N) is 1. The second-order valence-electron chi connectivity index (χ2n) is 2.96. The predicted octanol–water partition coefficient (Wildman–Crippen LogP) is 1.71. The Hall–Kier alpha value is -0.770. The summed E-state index contributed by atoms with van der Waals surface area (Å²) in [5, 5.41) is 3.30. The van der Waals surface area contributed by atoms with Crippen molar-refractivity contribution < 1.29 is 11.0 Å². The zero-order valence-corrected chi connectivity index (χ0v) is 9.67. The summed E-state index contributed by atoms with van der Waals surface area (Å²) in [4.78, 5) is 12.8. The summed E-state index contributed by atoms with van der Waals surface area (Å²) in [5.74, 6) is 0. The summed E-state index contributed by atoms with van der Waals surface area (Å²) in [6.07, 6.45) is 0.818. The first-order valence-electron chi connectivity index (χ1n) is 5.34. The molecule has 1 rings (SSSR count). The molecule has 1 fully saturated rings. The second-order valence-corrected chi connectivity index (χ2v) is 2.96. The Bertz CT molecular complexity index is 168. The Labute approximate surface area is 88.1 Å². The number of ether oxygens (including phenoxy) is 1. The number of nitrogens with zero attached hydrogens (tertiary/aromatic N) is 1. The summed E-state index contributed by atoms with van der Waals surface area (Å²) in [7, 11) is 1.42. The van der Waals surface area contributed by atoms with Crippen LogP contribution in [0.25, 0.3) is 0 Å². The second kappa shape index (κ2) is 7.62. The van der Waals surface area contributed by atoms with E-state index >= 15 is 0 Å². The number of hydrogen-bond acceptors (Lipinski definition) is 3. The molecule has 1 N–H and O–H groups in total. The molecule has 0 bridgehead atoms. The van der Waals surface area contributed by atoms with Crippen molar-refractivity contribution in [2.45, 2.75) is 33.2 Å². The van der Waals surface area contributed by atoms with Crippen LogP contribution in [0.15, 0.2) is 0 Å². The number of hydrogen-bond donors (Lipinski definition) is 1. The molecule has 0 aromatic heterocycles. The molecule has 0 radical (unpaired) electrons. The van der Waals surface area contributed by atoms with Crippen molar-refractivity contribution in [2.24, 2.45) is 0 Å². The predicted molar refractivity (Wildman–Crippen MR) is 59.5 cm³/mol. The fourth-order valence-electron chi connectivity index (χ4n) is 1.51. The van der Waals surface area contributed by atoms with Crippen LogP contribution < -0.4 is 5.32 Å². The summed E-state index contributed by atoms with van der Waals surface area (Å²) in [6, 6.07) is 0.453. The third-order valence-corrected chi connectivity index (χ3v) is 2.11. The normalized spacial score (nSPS) is 20.0. The Balaban J connectivity index is 0. The van der Waals surface area contributed by atoms with Crippen LogP contribution in [0.5, 0.6) is 0 Å². The first kappa shape index (κ1) is 13.2. The van der Waals surface area contributed by atoms with Gasteiger partial charge in [0.25, 0.3) is 0 Å². The lowest BCUT2D eigenvalue weighted by molar-refractivity contribution is 0.132. The zero-order chi connectivity index (χ0) is 11.0. The SMILES string of the molecule is CC.CCN[C@H]1CCN(C(=O)OC)C1.[HH]. The van der Waals surface area contributed by atoms with Gasteiger partial charge in [-0.3, -0.25) is 0 Å². The topological polar surface area (TPSA) is 41.6 Å². The van der Waals surface area contributed by atoms with Crippen LogP contribution in [0, 0.1) is 0 Å². The molecule has 1 saturated heterocycles. The largest absolute Gasteiger partial charge is 0.453 e. The minimum Gasteiger partial charge on any atom is -0.453 e. The molecule has 14 heavy (non-hydrogen) atoms. The molecule has 0 saturated carbocycles. The highest BCUT2D eigenvalue weighted by Crippen LogP contribution is 2.09. The van der Waals surface area contributed by atoms with Gasteiger partial charge in [-0.2, -0.15) is 0 Å². The van der Waals surface area contributed by atoms with Crippen LogP contribution in [-0.2, 0) is 4.74 Å². The van der Waals surface area contributed by atoms with Crippen LogP contribution in [0.4, 0.5) is 4.79 Å². The summed E-state index contributed by atoms with van der Waals surface area (Å²) in [5.41, 5.74) is 0. The third-order valence-electron chi connectivity index (χ3n) is 2.11. The van der Waals surface area contributed by atoms with Gasteiger partial charge in [-0.1, -0.05) is 20.8 Å². The van der Waals surface area contributed by atoms with Crippen molar-refractivity contribution >= 4 is 6.09 Å². The molecular formula is C10H24N2O2. The zero-order valence-electron chi connectivity index (χ0n) is 9.67. The fraction of sp³-hybridized carbons (Fsp3) is 0.900. The Kier molecular flexibility index (Phi) is 7.20. The molecule has 0 aliphatic carbocycles. The molecule has 4 heteroatoms. The van der Waals surface area contributed by atoms with Gasteiger partial charge in [0, 0.05) is 20.6 Å². The van der Waals surface area contributed by atoms with Gasteiger partial charge in [0.2, 0.25) is 0 Å². The lowest BCUT2D eigenvalue weighted by Crippen LogP contribution is -2.34. The summed E-state index contributed by atoms with van der Waals surface area (Å²) >= 11 is 0. The average molecular weight is 204 g/mol. The van der Waals surface area contributed by atoms with E-state index in [0.717, 1.165) is 26.1 Å². The van der Waals surface area contributed by atoms with E-state index in [-0.39, 0.29) is 7.52 Å². The van der Waals surface area contributed by atoms with Crippen molar-refractivity contribution in [3.05, 3.63) is 0 Å². The minimum atomic E-state index is -0.213. The molecule has 0 spiro atoms. The smallest absolute Gasteiger partial charge is 0.409 e. The van der Waals surface area contributed by atoms with Crippen molar-refractivity contribution in [3.8, 4) is 0 Å². The van der Waals surface area contributed by atoms with Gasteiger partial charge in [0.15, 0.2) is 0 Å². The molecule has 1 aliphatic rings. The highest BCUT2D eigenvalue weighted by molar-refractivity contribution is 5.67. The van der Waals surface area contributed by atoms with E-state index < -0.39 is 0 Å². The first-order chi connectivity index (χ1) is 6.77. The lowest BCUT2D eigenvalue weighted by Gasteiger charge is -2.14. The van der Waals surface area contributed by atoms with E-state index in [4.69, 9.17) is 0 Å². The molecule has 1 atom stereocenters. The van der Waals surface area contributed by atoms with Crippen molar-refractivity contribution in [1.29, 1.82) is 0 Å². The molecule has 0 aromatic carbocycles. The molecule has 1 aliphatic heterocycles. The molecule has 0 unspecified atom stereocenters. The minimum absolute atomic E-state index is 0. The fourth-order valence-corrected chi connectivity index (χ4v) is 1.51. The van der Waals surface area contributed by atoms with Crippen LogP contribution in [0.3, 0.4) is 0 Å². The average Bonchev–Trinajstić information content (AvgIpc) is 2.69. The van der Waals surface area contributed by atoms with Gasteiger partial charge in [0.05, 0.1) is 7.11 Å². The molecule has 0 aromatic rings. The monoisotopic (exact) mass is 204 g/mol. The highest BCUT2D eigenvalue weighted by Gasteiger charge is 2.25. The van der Waals surface area contributed by atoms with Crippen LogP contribution in [-0.4, -0.2) is 43.8 Å². The van der Waals surface area contributed by atoms with E-state index in [1.165, 1.54) is 7.11 Å². The lowest BCUT2D eigenvalue weighted by atomic mass is 10.3. The van der Waals surface area contributed by atoms with Gasteiger partial charge >= 0.3 is 6.09 Å². The quantitative estimate of drug-likeness (QED) is 0.744. The maximum absolute atomic E-state index is 11.0. The van der Waals surface area contributed by atoms with Crippen LogP contribution in [0.2, 0.25) is 0 Å². The molecule has 4 nitrogen and oxygen atoms in total. The van der Waals surface area contributed by atoms with Crippen molar-refractivity contribution in [1.82, 2.24) is 10.2 Å². The number of rotatable bonds is 2. The van der Waals surface area contributed by atoms with E-state index in [0.29, 0.717) is 6.04 Å². The van der Waals surface area contributed by atoms with Crippen LogP contribution in [0.1, 0.15) is 28.6 Å². The Morgan fingerprint density at radius 2 is 2.29 bits per heavy atom. The number of likely N-dealkylation sites (tertiary alicyclic amines) is 1.